The Kier molecular flexibility index (Phi) is 6.53. The summed E-state index contributed by atoms with van der Waals surface area (Å²) in [6.45, 7) is 0. The number of nitrogens with zero attached hydrogens (tertiary/aromatic N) is 2. The van der Waals surface area contributed by atoms with E-state index in [1.165, 1.54) is 65.3 Å². The van der Waals surface area contributed by atoms with Crippen LogP contribution >= 0.6 is 0 Å². The predicted octanol–water partition coefficient (Wildman–Crippen LogP) is 13.4. The van der Waals surface area contributed by atoms with Crippen molar-refractivity contribution in [1.82, 2.24) is 4.57 Å². The molecule has 0 radical (unpaired) electrons. The van der Waals surface area contributed by atoms with Gasteiger partial charge in [0.05, 0.1) is 22.4 Å². The topological polar surface area (TPSA) is 8.17 Å². The molecule has 10 aromatic rings. The molecule has 2 nitrogen and oxygen atoms in total. The van der Waals surface area contributed by atoms with E-state index in [-0.39, 0.29) is 0 Å². The number of aromatic nitrogens is 1. The van der Waals surface area contributed by atoms with E-state index in [4.69, 9.17) is 0 Å². The summed E-state index contributed by atoms with van der Waals surface area (Å²) in [5, 5.41) is 10.0. The van der Waals surface area contributed by atoms with E-state index < -0.39 is 0 Å². The number of rotatable bonds is 5. The van der Waals surface area contributed by atoms with Crippen molar-refractivity contribution in [1.29, 1.82) is 0 Å². The minimum atomic E-state index is 1.11. The van der Waals surface area contributed by atoms with Crippen LogP contribution in [0.2, 0.25) is 0 Å². The monoisotopic (exact) mass is 636 g/mol. The van der Waals surface area contributed by atoms with Crippen molar-refractivity contribution < 1.29 is 0 Å². The largest absolute Gasteiger partial charge is 0.308 e. The molecule has 0 aliphatic heterocycles. The molecule has 50 heavy (non-hydrogen) atoms. The van der Waals surface area contributed by atoms with E-state index in [1.54, 1.807) is 0 Å². The fourth-order valence-electron chi connectivity index (χ4n) is 7.93. The second kappa shape index (κ2) is 11.5. The number of benzene rings is 9. The maximum Gasteiger partial charge on any atom is 0.0782 e. The Labute approximate surface area is 290 Å². The van der Waals surface area contributed by atoms with Crippen LogP contribution in [0, 0.1) is 0 Å². The third-order valence-electron chi connectivity index (χ3n) is 10.1. The lowest BCUT2D eigenvalue weighted by Crippen LogP contribution is -2.13. The van der Waals surface area contributed by atoms with Crippen LogP contribution in [-0.2, 0) is 0 Å². The third kappa shape index (κ3) is 4.43. The summed E-state index contributed by atoms with van der Waals surface area (Å²) in [5.41, 5.74) is 9.22. The molecule has 234 valence electrons. The Bertz CT molecular complexity index is 2870. The number of para-hydroxylation sites is 4. The average molecular weight is 637 g/mol. The number of anilines is 3. The van der Waals surface area contributed by atoms with Crippen LogP contribution in [0.25, 0.3) is 70.9 Å². The van der Waals surface area contributed by atoms with Crippen LogP contribution in [0.15, 0.2) is 194 Å². The average Bonchev–Trinajstić information content (AvgIpc) is 3.54. The molecular weight excluding hydrogens is 605 g/mol. The van der Waals surface area contributed by atoms with Gasteiger partial charge in [0.1, 0.15) is 0 Å². The van der Waals surface area contributed by atoms with Gasteiger partial charge >= 0.3 is 0 Å². The van der Waals surface area contributed by atoms with Gasteiger partial charge in [-0.15, -0.1) is 0 Å². The highest BCUT2D eigenvalue weighted by molar-refractivity contribution is 6.21. The SMILES string of the molecule is c1ccc(-c2ccccc2N(c2ccc3c(ccc4ccc5ccccc5c43)c2)c2cccc3c4ccccc4n(-c4ccccc4)c23)cc1. The van der Waals surface area contributed by atoms with E-state index in [9.17, 15) is 0 Å². The number of fused-ring (bicyclic) bond motifs is 8. The number of hydrogen-bond donors (Lipinski definition) is 0. The quantitative estimate of drug-likeness (QED) is 0.171. The zero-order valence-electron chi connectivity index (χ0n) is 27.4. The fraction of sp³-hybridized carbons (Fsp3) is 0. The zero-order chi connectivity index (χ0) is 33.0. The van der Waals surface area contributed by atoms with E-state index in [0.717, 1.165) is 22.7 Å². The summed E-state index contributed by atoms with van der Waals surface area (Å²) >= 11 is 0. The van der Waals surface area contributed by atoms with Crippen LogP contribution < -0.4 is 4.90 Å². The summed E-state index contributed by atoms with van der Waals surface area (Å²) < 4.78 is 2.43. The van der Waals surface area contributed by atoms with Gasteiger partial charge in [0.2, 0.25) is 0 Å². The Morgan fingerprint density at radius 3 is 1.86 bits per heavy atom. The van der Waals surface area contributed by atoms with Gasteiger partial charge in [0.25, 0.3) is 0 Å². The van der Waals surface area contributed by atoms with Gasteiger partial charge in [-0.1, -0.05) is 152 Å². The smallest absolute Gasteiger partial charge is 0.0782 e. The highest BCUT2D eigenvalue weighted by Crippen LogP contribution is 2.47. The van der Waals surface area contributed by atoms with Crippen LogP contribution in [-0.4, -0.2) is 4.57 Å². The number of hydrogen-bond acceptors (Lipinski definition) is 1. The zero-order valence-corrected chi connectivity index (χ0v) is 27.4. The fourth-order valence-corrected chi connectivity index (χ4v) is 7.93. The molecule has 0 aliphatic rings. The Morgan fingerprint density at radius 2 is 1.00 bits per heavy atom. The molecule has 0 unspecified atom stereocenters. The Balaban J connectivity index is 1.31. The van der Waals surface area contributed by atoms with E-state index in [2.05, 4.69) is 204 Å². The van der Waals surface area contributed by atoms with Crippen molar-refractivity contribution in [2.75, 3.05) is 4.90 Å². The first-order chi connectivity index (χ1) is 24.8. The first-order valence-corrected chi connectivity index (χ1v) is 17.2. The Morgan fingerprint density at radius 1 is 0.380 bits per heavy atom. The van der Waals surface area contributed by atoms with Crippen molar-refractivity contribution >= 4 is 71.2 Å². The lowest BCUT2D eigenvalue weighted by atomic mass is 9.95. The van der Waals surface area contributed by atoms with Crippen LogP contribution in [0.4, 0.5) is 17.1 Å². The molecule has 0 saturated heterocycles. The molecule has 1 heterocycles. The van der Waals surface area contributed by atoms with Gasteiger partial charge in [-0.25, -0.2) is 0 Å². The minimum absolute atomic E-state index is 1.11. The standard InChI is InChI=1S/C48H32N2/c1-3-14-33(15-4-1)39-19-9-11-23-44(39)49(38-30-31-41-36(32-38)29-28-35-27-26-34-16-7-8-20-40(34)47(35)41)46-25-13-22-43-42-21-10-12-24-45(42)50(48(43)46)37-17-5-2-6-18-37/h1-32H. The lowest BCUT2D eigenvalue weighted by molar-refractivity contribution is 1.17. The van der Waals surface area contributed by atoms with Crippen LogP contribution in [0.5, 0.6) is 0 Å². The Hall–Kier alpha value is -6.64. The van der Waals surface area contributed by atoms with Gasteiger partial charge in [0.15, 0.2) is 0 Å². The van der Waals surface area contributed by atoms with E-state index in [1.807, 2.05) is 0 Å². The highest BCUT2D eigenvalue weighted by Gasteiger charge is 2.23. The molecule has 0 bridgehead atoms. The summed E-state index contributed by atoms with van der Waals surface area (Å²) in [5.74, 6) is 0. The second-order valence-electron chi connectivity index (χ2n) is 12.9. The van der Waals surface area contributed by atoms with Gasteiger partial charge in [0, 0.05) is 27.7 Å². The van der Waals surface area contributed by atoms with Crippen LogP contribution in [0.3, 0.4) is 0 Å². The third-order valence-corrected chi connectivity index (χ3v) is 10.1. The highest BCUT2D eigenvalue weighted by atomic mass is 15.2. The maximum atomic E-state index is 2.47. The maximum absolute atomic E-state index is 2.47. The molecule has 1 aromatic heterocycles. The normalized spacial score (nSPS) is 11.6. The summed E-state index contributed by atoms with van der Waals surface area (Å²) in [6, 6.07) is 70.5. The first kappa shape index (κ1) is 28.4. The van der Waals surface area contributed by atoms with E-state index >= 15 is 0 Å². The molecule has 0 fully saturated rings. The van der Waals surface area contributed by atoms with Gasteiger partial charge < -0.3 is 9.47 Å². The van der Waals surface area contributed by atoms with Gasteiger partial charge in [-0.05, 0) is 80.3 Å². The van der Waals surface area contributed by atoms with Crippen LogP contribution in [0.1, 0.15) is 0 Å². The predicted molar refractivity (Wildman–Crippen MR) is 213 cm³/mol. The molecule has 0 spiro atoms. The molecular formula is C48H32N2. The molecule has 0 N–H and O–H groups in total. The van der Waals surface area contributed by atoms with Crippen molar-refractivity contribution in [2.24, 2.45) is 0 Å². The molecule has 2 heteroatoms. The summed E-state index contributed by atoms with van der Waals surface area (Å²) in [7, 11) is 0. The molecule has 0 aliphatic carbocycles. The molecule has 0 atom stereocenters. The molecule has 9 aromatic carbocycles. The molecule has 10 rings (SSSR count). The van der Waals surface area contributed by atoms with Gasteiger partial charge in [-0.3, -0.25) is 0 Å². The summed E-state index contributed by atoms with van der Waals surface area (Å²) in [6.07, 6.45) is 0. The first-order valence-electron chi connectivity index (χ1n) is 17.2. The van der Waals surface area contributed by atoms with Crippen molar-refractivity contribution in [3.05, 3.63) is 194 Å². The summed E-state index contributed by atoms with van der Waals surface area (Å²) in [4.78, 5) is 2.47. The van der Waals surface area contributed by atoms with E-state index in [0.29, 0.717) is 0 Å². The van der Waals surface area contributed by atoms with Crippen molar-refractivity contribution in [2.45, 2.75) is 0 Å². The molecule has 0 amide bonds. The lowest BCUT2D eigenvalue weighted by Gasteiger charge is -2.29. The van der Waals surface area contributed by atoms with Crippen molar-refractivity contribution in [3.63, 3.8) is 0 Å². The molecule has 0 saturated carbocycles. The minimum Gasteiger partial charge on any atom is -0.308 e. The second-order valence-corrected chi connectivity index (χ2v) is 12.9. The van der Waals surface area contributed by atoms with Crippen molar-refractivity contribution in [3.8, 4) is 16.8 Å². The van der Waals surface area contributed by atoms with Gasteiger partial charge in [-0.2, -0.15) is 0 Å².